The summed E-state index contributed by atoms with van der Waals surface area (Å²) in [6, 6.07) is 3.90. The van der Waals surface area contributed by atoms with Crippen LogP contribution < -0.4 is 11.1 Å². The smallest absolute Gasteiger partial charge is 0.148 e. The Bertz CT molecular complexity index is 275. The minimum atomic E-state index is 0.0703. The summed E-state index contributed by atoms with van der Waals surface area (Å²) in [7, 11) is 1.65. The predicted molar refractivity (Wildman–Crippen MR) is 59.7 cm³/mol. The van der Waals surface area contributed by atoms with Gasteiger partial charge in [-0.1, -0.05) is 0 Å². The maximum Gasteiger partial charge on any atom is 0.148 e. The van der Waals surface area contributed by atoms with E-state index in [4.69, 9.17) is 10.5 Å². The number of ether oxygens (including phenoxy) is 1. The van der Waals surface area contributed by atoms with Crippen LogP contribution in [0.4, 0.5) is 5.82 Å². The molecule has 0 aliphatic rings. The largest absolute Gasteiger partial charge is 0.383 e. The van der Waals surface area contributed by atoms with E-state index < -0.39 is 0 Å². The van der Waals surface area contributed by atoms with Crippen LogP contribution in [0.1, 0.15) is 12.1 Å². The first-order valence-electron chi connectivity index (χ1n) is 5.01. The maximum absolute atomic E-state index is 5.77. The first kappa shape index (κ1) is 11.9. The Morgan fingerprint density at radius 3 is 2.87 bits per heavy atom. The zero-order valence-corrected chi connectivity index (χ0v) is 9.23. The molecule has 0 spiro atoms. The van der Waals surface area contributed by atoms with Crippen LogP contribution >= 0.6 is 0 Å². The quantitative estimate of drug-likeness (QED) is 0.717. The van der Waals surface area contributed by atoms with Gasteiger partial charge in [-0.2, -0.15) is 5.10 Å². The lowest BCUT2D eigenvalue weighted by Crippen LogP contribution is -2.28. The maximum atomic E-state index is 5.77. The van der Waals surface area contributed by atoms with Gasteiger partial charge in [-0.05, 0) is 25.5 Å². The molecule has 0 aliphatic carbocycles. The van der Waals surface area contributed by atoms with Crippen LogP contribution in [0.3, 0.4) is 0 Å². The van der Waals surface area contributed by atoms with E-state index in [0.29, 0.717) is 6.61 Å². The molecule has 0 aliphatic heterocycles. The molecule has 0 aromatic carbocycles. The van der Waals surface area contributed by atoms with Crippen molar-refractivity contribution in [3.8, 4) is 0 Å². The Hall–Kier alpha value is -1.20. The molecule has 1 rings (SSSR count). The molecule has 0 radical (unpaired) electrons. The molecular formula is C10H18N4O. The van der Waals surface area contributed by atoms with E-state index >= 15 is 0 Å². The second kappa shape index (κ2) is 6.31. The summed E-state index contributed by atoms with van der Waals surface area (Å²) >= 11 is 0. The highest BCUT2D eigenvalue weighted by Crippen LogP contribution is 2.01. The summed E-state index contributed by atoms with van der Waals surface area (Å²) in [6.07, 6.45) is 0.851. The van der Waals surface area contributed by atoms with E-state index in [1.54, 1.807) is 7.11 Å². The third kappa shape index (κ3) is 4.71. The van der Waals surface area contributed by atoms with E-state index in [-0.39, 0.29) is 6.04 Å². The molecule has 1 aromatic heterocycles. The molecular weight excluding hydrogens is 192 g/mol. The van der Waals surface area contributed by atoms with E-state index in [2.05, 4.69) is 15.5 Å². The minimum Gasteiger partial charge on any atom is -0.383 e. The first-order chi connectivity index (χ1) is 7.22. The summed E-state index contributed by atoms with van der Waals surface area (Å²) < 4.78 is 4.94. The summed E-state index contributed by atoms with van der Waals surface area (Å²) in [4.78, 5) is 0. The van der Waals surface area contributed by atoms with Crippen molar-refractivity contribution in [2.75, 3.05) is 25.6 Å². The molecule has 15 heavy (non-hydrogen) atoms. The standard InChI is InChI=1S/C10H18N4O/c1-8-3-4-10(14-13-8)12-6-5-9(11)7-15-2/h3-4,9H,5-7,11H2,1-2H3,(H,12,14). The van der Waals surface area contributed by atoms with Gasteiger partial charge in [0.2, 0.25) is 0 Å². The van der Waals surface area contributed by atoms with Gasteiger partial charge >= 0.3 is 0 Å². The fourth-order valence-corrected chi connectivity index (χ4v) is 1.18. The van der Waals surface area contributed by atoms with Crippen LogP contribution in [0, 0.1) is 6.92 Å². The van der Waals surface area contributed by atoms with Gasteiger partial charge in [-0.3, -0.25) is 0 Å². The Morgan fingerprint density at radius 1 is 1.47 bits per heavy atom. The van der Waals surface area contributed by atoms with Crippen LogP contribution in [0.25, 0.3) is 0 Å². The number of anilines is 1. The van der Waals surface area contributed by atoms with Crippen LogP contribution in [-0.2, 0) is 4.74 Å². The van der Waals surface area contributed by atoms with Gasteiger partial charge in [0, 0.05) is 19.7 Å². The van der Waals surface area contributed by atoms with Crippen molar-refractivity contribution >= 4 is 5.82 Å². The molecule has 0 amide bonds. The lowest BCUT2D eigenvalue weighted by atomic mass is 10.2. The van der Waals surface area contributed by atoms with Gasteiger partial charge in [0.25, 0.3) is 0 Å². The molecule has 5 heteroatoms. The van der Waals surface area contributed by atoms with E-state index in [1.807, 2.05) is 19.1 Å². The summed E-state index contributed by atoms with van der Waals surface area (Å²) in [6.45, 7) is 3.27. The fraction of sp³-hybridized carbons (Fsp3) is 0.600. The third-order valence-electron chi connectivity index (χ3n) is 2.00. The SMILES string of the molecule is COCC(N)CCNc1ccc(C)nn1. The third-order valence-corrected chi connectivity index (χ3v) is 2.00. The number of hydrogen-bond acceptors (Lipinski definition) is 5. The first-order valence-corrected chi connectivity index (χ1v) is 5.01. The van der Waals surface area contributed by atoms with E-state index in [1.165, 1.54) is 0 Å². The van der Waals surface area contributed by atoms with Crippen molar-refractivity contribution < 1.29 is 4.74 Å². The van der Waals surface area contributed by atoms with Crippen molar-refractivity contribution in [2.45, 2.75) is 19.4 Å². The number of nitrogens with one attached hydrogen (secondary N) is 1. The van der Waals surface area contributed by atoms with Gasteiger partial charge in [0.1, 0.15) is 5.82 Å². The lowest BCUT2D eigenvalue weighted by Gasteiger charge is -2.10. The Morgan fingerprint density at radius 2 is 2.27 bits per heavy atom. The highest BCUT2D eigenvalue weighted by molar-refractivity contribution is 5.32. The monoisotopic (exact) mass is 210 g/mol. The van der Waals surface area contributed by atoms with Gasteiger partial charge in [0.05, 0.1) is 12.3 Å². The number of hydrogen-bond donors (Lipinski definition) is 2. The molecule has 5 nitrogen and oxygen atoms in total. The molecule has 0 saturated carbocycles. The highest BCUT2D eigenvalue weighted by atomic mass is 16.5. The van der Waals surface area contributed by atoms with Crippen LogP contribution in [-0.4, -0.2) is 36.5 Å². The average Bonchev–Trinajstić information content (AvgIpc) is 2.21. The average molecular weight is 210 g/mol. The number of aromatic nitrogens is 2. The predicted octanol–water partition coefficient (Wildman–Crippen LogP) is 0.561. The molecule has 1 unspecified atom stereocenters. The molecule has 1 atom stereocenters. The fourth-order valence-electron chi connectivity index (χ4n) is 1.18. The zero-order valence-electron chi connectivity index (χ0n) is 9.23. The Labute approximate surface area is 90.0 Å². The van der Waals surface area contributed by atoms with Crippen molar-refractivity contribution in [2.24, 2.45) is 5.73 Å². The van der Waals surface area contributed by atoms with Crippen molar-refractivity contribution in [1.82, 2.24) is 10.2 Å². The molecule has 84 valence electrons. The van der Waals surface area contributed by atoms with Gasteiger partial charge < -0.3 is 15.8 Å². The van der Waals surface area contributed by atoms with Gasteiger partial charge in [-0.15, -0.1) is 5.10 Å². The Balaban J connectivity index is 2.22. The number of nitrogens with two attached hydrogens (primary N) is 1. The second-order valence-corrected chi connectivity index (χ2v) is 3.49. The molecule has 3 N–H and O–H groups in total. The summed E-state index contributed by atoms with van der Waals surface area (Å²) in [5.74, 6) is 0.783. The van der Waals surface area contributed by atoms with Gasteiger partial charge in [-0.25, -0.2) is 0 Å². The second-order valence-electron chi connectivity index (χ2n) is 3.49. The van der Waals surface area contributed by atoms with Crippen molar-refractivity contribution in [1.29, 1.82) is 0 Å². The molecule has 0 bridgehead atoms. The minimum absolute atomic E-state index is 0.0703. The van der Waals surface area contributed by atoms with E-state index in [0.717, 1.165) is 24.5 Å². The number of aryl methyl sites for hydroxylation is 1. The van der Waals surface area contributed by atoms with Gasteiger partial charge in [0.15, 0.2) is 0 Å². The van der Waals surface area contributed by atoms with Crippen LogP contribution in [0.5, 0.6) is 0 Å². The number of methoxy groups -OCH3 is 1. The lowest BCUT2D eigenvalue weighted by molar-refractivity contribution is 0.178. The Kier molecular flexibility index (Phi) is 5.00. The molecule has 1 aromatic rings. The topological polar surface area (TPSA) is 73.1 Å². The number of nitrogens with zero attached hydrogens (tertiary/aromatic N) is 2. The molecule has 0 fully saturated rings. The van der Waals surface area contributed by atoms with Crippen molar-refractivity contribution in [3.63, 3.8) is 0 Å². The highest BCUT2D eigenvalue weighted by Gasteiger charge is 2.01. The van der Waals surface area contributed by atoms with Crippen LogP contribution in [0.2, 0.25) is 0 Å². The normalized spacial score (nSPS) is 12.5. The molecule has 1 heterocycles. The van der Waals surface area contributed by atoms with Crippen molar-refractivity contribution in [3.05, 3.63) is 17.8 Å². The summed E-state index contributed by atoms with van der Waals surface area (Å²) in [5.41, 5.74) is 6.68. The summed E-state index contributed by atoms with van der Waals surface area (Å²) in [5, 5.41) is 11.1. The molecule has 0 saturated heterocycles. The van der Waals surface area contributed by atoms with E-state index in [9.17, 15) is 0 Å². The van der Waals surface area contributed by atoms with Crippen LogP contribution in [0.15, 0.2) is 12.1 Å². The zero-order chi connectivity index (χ0) is 11.1. The number of rotatable bonds is 6.